The Hall–Kier alpha value is -3.58. The minimum Gasteiger partial charge on any atom is -0.337 e. The number of rotatable bonds is 3. The molecule has 0 atom stereocenters. The van der Waals surface area contributed by atoms with Crippen LogP contribution in [0.2, 0.25) is 0 Å². The van der Waals surface area contributed by atoms with E-state index in [0.29, 0.717) is 11.4 Å². The zero-order chi connectivity index (χ0) is 19.8. The van der Waals surface area contributed by atoms with Gasteiger partial charge in [-0.15, -0.1) is 0 Å². The molecule has 0 aliphatic heterocycles. The lowest BCUT2D eigenvalue weighted by Gasteiger charge is -2.10. The second-order valence-electron chi connectivity index (χ2n) is 7.27. The first-order chi connectivity index (χ1) is 13.5. The summed E-state index contributed by atoms with van der Waals surface area (Å²) in [6, 6.07) is 18.9. The molecule has 0 spiro atoms. The maximum absolute atomic E-state index is 9.75. The van der Waals surface area contributed by atoms with Gasteiger partial charge >= 0.3 is 0 Å². The molecule has 2 aromatic carbocycles. The lowest BCUT2D eigenvalue weighted by Crippen LogP contribution is -1.99. The van der Waals surface area contributed by atoms with E-state index in [-0.39, 0.29) is 0 Å². The van der Waals surface area contributed by atoms with Crippen molar-refractivity contribution in [1.29, 1.82) is 5.26 Å². The van der Waals surface area contributed by atoms with Gasteiger partial charge in [-0.2, -0.15) is 5.26 Å². The molecule has 0 saturated heterocycles. The minimum atomic E-state index is 0.526. The van der Waals surface area contributed by atoms with E-state index >= 15 is 0 Å². The molecule has 4 nitrogen and oxygen atoms in total. The van der Waals surface area contributed by atoms with Crippen LogP contribution in [0.5, 0.6) is 0 Å². The van der Waals surface area contributed by atoms with Crippen LogP contribution in [0.15, 0.2) is 48.5 Å². The number of nitrogens with one attached hydrogen (secondary N) is 1. The summed E-state index contributed by atoms with van der Waals surface area (Å²) in [5.74, 6) is 0.600. The largest absolute Gasteiger partial charge is 0.337 e. The lowest BCUT2D eigenvalue weighted by molar-refractivity contribution is 0.963. The topological polar surface area (TPSA) is 57.4 Å². The number of imidazole rings is 1. The van der Waals surface area contributed by atoms with Crippen LogP contribution < -0.4 is 0 Å². The molecule has 2 heterocycles. The molecule has 0 unspecified atom stereocenters. The first-order valence-corrected chi connectivity index (χ1v) is 9.31. The third-order valence-corrected chi connectivity index (χ3v) is 5.08. The minimum absolute atomic E-state index is 0.526. The van der Waals surface area contributed by atoms with Gasteiger partial charge in [-0.05, 0) is 75.2 Å². The van der Waals surface area contributed by atoms with Gasteiger partial charge in [0.2, 0.25) is 0 Å². The molecule has 1 N–H and O–H groups in total. The Balaban J connectivity index is 1.79. The molecule has 2 aromatic heterocycles. The fourth-order valence-electron chi connectivity index (χ4n) is 3.59. The Morgan fingerprint density at radius 2 is 1.71 bits per heavy atom. The third kappa shape index (κ3) is 3.12. The molecule has 0 saturated carbocycles. The number of nitriles is 1. The van der Waals surface area contributed by atoms with E-state index < -0.39 is 0 Å². The van der Waals surface area contributed by atoms with Gasteiger partial charge in [0.05, 0.1) is 16.6 Å². The summed E-state index contributed by atoms with van der Waals surface area (Å²) in [7, 11) is 0. The monoisotopic (exact) mass is 366 g/mol. The summed E-state index contributed by atoms with van der Waals surface area (Å²) >= 11 is 0. The van der Waals surface area contributed by atoms with Crippen LogP contribution in [0.4, 0.5) is 0 Å². The maximum Gasteiger partial charge on any atom is 0.149 e. The molecule has 0 amide bonds. The van der Waals surface area contributed by atoms with E-state index in [1.807, 2.05) is 31.2 Å². The predicted octanol–water partition coefficient (Wildman–Crippen LogP) is 5.65. The van der Waals surface area contributed by atoms with E-state index in [0.717, 1.165) is 39.2 Å². The van der Waals surface area contributed by atoms with Crippen molar-refractivity contribution in [3.05, 3.63) is 82.4 Å². The molecule has 4 heteroatoms. The van der Waals surface area contributed by atoms with Gasteiger partial charge in [-0.1, -0.05) is 23.8 Å². The number of nitrogens with zero attached hydrogens (tertiary/aromatic N) is 3. The van der Waals surface area contributed by atoms with Crippen LogP contribution in [0.1, 0.15) is 33.9 Å². The van der Waals surface area contributed by atoms with Crippen molar-refractivity contribution >= 4 is 22.7 Å². The van der Waals surface area contributed by atoms with Crippen molar-refractivity contribution in [2.45, 2.75) is 27.7 Å². The Morgan fingerprint density at radius 1 is 1.00 bits per heavy atom. The zero-order valence-corrected chi connectivity index (χ0v) is 16.5. The molecule has 4 aromatic rings. The van der Waals surface area contributed by atoms with Gasteiger partial charge in [-0.3, -0.25) is 0 Å². The van der Waals surface area contributed by atoms with Crippen LogP contribution >= 0.6 is 0 Å². The molecule has 138 valence electrons. The van der Waals surface area contributed by atoms with Crippen LogP contribution in [-0.4, -0.2) is 14.5 Å². The summed E-state index contributed by atoms with van der Waals surface area (Å²) in [5.41, 5.74) is 9.10. The summed E-state index contributed by atoms with van der Waals surface area (Å²) in [6.45, 7) is 8.29. The van der Waals surface area contributed by atoms with Gasteiger partial charge in [0.25, 0.3) is 0 Å². The van der Waals surface area contributed by atoms with Crippen LogP contribution in [0, 0.1) is 39.0 Å². The summed E-state index contributed by atoms with van der Waals surface area (Å²) < 4.78 is 2.21. The number of hydrogen-bond acceptors (Lipinski definition) is 2. The van der Waals surface area contributed by atoms with Crippen LogP contribution in [0.25, 0.3) is 28.4 Å². The second-order valence-corrected chi connectivity index (χ2v) is 7.27. The number of aryl methyl sites for hydroxylation is 3. The van der Waals surface area contributed by atoms with Gasteiger partial charge in [0, 0.05) is 17.1 Å². The van der Waals surface area contributed by atoms with Gasteiger partial charge in [0.15, 0.2) is 0 Å². The Labute approximate surface area is 164 Å². The van der Waals surface area contributed by atoms with Gasteiger partial charge < -0.3 is 9.55 Å². The number of hydrogen-bond donors (Lipinski definition) is 1. The summed E-state index contributed by atoms with van der Waals surface area (Å²) in [4.78, 5) is 7.87. The van der Waals surface area contributed by atoms with Crippen LogP contribution in [-0.2, 0) is 0 Å². The zero-order valence-electron chi connectivity index (χ0n) is 16.5. The normalized spacial score (nSPS) is 11.8. The van der Waals surface area contributed by atoms with Crippen molar-refractivity contribution in [2.24, 2.45) is 0 Å². The Kier molecular flexibility index (Phi) is 4.37. The van der Waals surface area contributed by atoms with Crippen molar-refractivity contribution in [3.8, 4) is 11.8 Å². The smallest absolute Gasteiger partial charge is 0.149 e. The van der Waals surface area contributed by atoms with Crippen LogP contribution in [0.3, 0.4) is 0 Å². The number of benzene rings is 2. The van der Waals surface area contributed by atoms with E-state index in [9.17, 15) is 5.26 Å². The number of aromatic nitrogens is 3. The molecule has 4 rings (SSSR count). The number of H-pyrrole nitrogens is 1. The molecule has 28 heavy (non-hydrogen) atoms. The van der Waals surface area contributed by atoms with Crippen molar-refractivity contribution in [3.63, 3.8) is 0 Å². The van der Waals surface area contributed by atoms with Crippen molar-refractivity contribution < 1.29 is 0 Å². The number of aromatic amines is 1. The Bertz CT molecular complexity index is 1240. The average molecular weight is 366 g/mol. The van der Waals surface area contributed by atoms with Gasteiger partial charge in [0.1, 0.15) is 11.9 Å². The fraction of sp³-hybridized carbons (Fsp3) is 0.167. The summed E-state index contributed by atoms with van der Waals surface area (Å²) in [5, 5.41) is 9.75. The number of allylic oxidation sites excluding steroid dienone is 1. The third-order valence-electron chi connectivity index (χ3n) is 5.08. The standard InChI is InChI=1S/C24H22N4/c1-15-5-8-21(9-6-15)28-17(3)12-19(18(28)4)13-20(14-25)24-26-22-10-7-16(2)11-23(22)27-24/h5-13H,1-4H3,(H,26,27)/b20-13+. The quantitative estimate of drug-likeness (QED) is 0.476. The molecule has 0 bridgehead atoms. The van der Waals surface area contributed by atoms with Crippen molar-refractivity contribution in [2.75, 3.05) is 0 Å². The van der Waals surface area contributed by atoms with E-state index in [4.69, 9.17) is 0 Å². The van der Waals surface area contributed by atoms with Gasteiger partial charge in [-0.25, -0.2) is 4.98 Å². The highest BCUT2D eigenvalue weighted by atomic mass is 15.0. The average Bonchev–Trinajstić information content (AvgIpc) is 3.20. The highest BCUT2D eigenvalue weighted by Crippen LogP contribution is 2.26. The van der Waals surface area contributed by atoms with E-state index in [2.05, 4.69) is 71.7 Å². The first-order valence-electron chi connectivity index (χ1n) is 9.31. The summed E-state index contributed by atoms with van der Waals surface area (Å²) in [6.07, 6.45) is 1.91. The molecule has 0 radical (unpaired) electrons. The van der Waals surface area contributed by atoms with E-state index in [1.54, 1.807) is 0 Å². The first kappa shape index (κ1) is 17.8. The Morgan fingerprint density at radius 3 is 2.43 bits per heavy atom. The fourth-order valence-corrected chi connectivity index (χ4v) is 3.59. The molecule has 0 aliphatic carbocycles. The molecular formula is C24H22N4. The number of fused-ring (bicyclic) bond motifs is 1. The highest BCUT2D eigenvalue weighted by molar-refractivity contribution is 5.91. The molecule has 0 fully saturated rings. The maximum atomic E-state index is 9.75. The molecular weight excluding hydrogens is 344 g/mol. The van der Waals surface area contributed by atoms with E-state index in [1.165, 1.54) is 5.56 Å². The second kappa shape index (κ2) is 6.86. The van der Waals surface area contributed by atoms with Crippen molar-refractivity contribution in [1.82, 2.24) is 14.5 Å². The SMILES string of the molecule is Cc1ccc(-n2c(C)cc(/C=C(\C#N)c3nc4ccc(C)cc4[nH]3)c2C)cc1. The molecule has 0 aliphatic rings. The predicted molar refractivity (Wildman–Crippen MR) is 114 cm³/mol. The lowest BCUT2D eigenvalue weighted by atomic mass is 10.1. The highest BCUT2D eigenvalue weighted by Gasteiger charge is 2.13.